The van der Waals surface area contributed by atoms with Crippen LogP contribution in [0.3, 0.4) is 0 Å². The molecule has 2 N–H and O–H groups in total. The topological polar surface area (TPSA) is 87.7 Å². The number of piperidine rings is 1. The molecular weight excluding hydrogens is 433 g/mol. The van der Waals surface area contributed by atoms with Crippen molar-refractivity contribution in [3.8, 4) is 0 Å². The first kappa shape index (κ1) is 23.8. The van der Waals surface area contributed by atoms with E-state index in [9.17, 15) is 17.6 Å². The fraction of sp³-hybridized carbons (Fsp3) is 0.435. The maximum absolute atomic E-state index is 14.0. The lowest BCUT2D eigenvalue weighted by Crippen LogP contribution is -2.46. The fourth-order valence-corrected chi connectivity index (χ4v) is 4.59. The number of amides is 1. The van der Waals surface area contributed by atoms with Gasteiger partial charge in [0.25, 0.3) is 10.0 Å². The summed E-state index contributed by atoms with van der Waals surface area (Å²) in [6.45, 7) is 8.45. The van der Waals surface area contributed by atoms with Crippen LogP contribution in [-0.2, 0) is 14.8 Å². The Kier molecular flexibility index (Phi) is 6.97. The third-order valence-corrected chi connectivity index (χ3v) is 6.47. The molecular formula is C23H30FN3O4S. The fourth-order valence-electron chi connectivity index (χ4n) is 3.53. The molecule has 1 aliphatic heterocycles. The highest BCUT2D eigenvalue weighted by Crippen LogP contribution is 2.31. The minimum absolute atomic E-state index is 0.0470. The SMILES string of the molecule is Cc1ccc(S(=O)(=O)Nc2cc(F)ccc2N2CCC(NC(=O)OC(C)(C)C)CC2)cc1. The van der Waals surface area contributed by atoms with E-state index in [0.29, 0.717) is 31.6 Å². The molecule has 0 saturated carbocycles. The van der Waals surface area contributed by atoms with E-state index in [2.05, 4.69) is 10.0 Å². The molecule has 32 heavy (non-hydrogen) atoms. The van der Waals surface area contributed by atoms with Gasteiger partial charge in [-0.2, -0.15) is 0 Å². The smallest absolute Gasteiger partial charge is 0.407 e. The molecule has 0 bridgehead atoms. The number of carbonyl (C=O) groups excluding carboxylic acids is 1. The van der Waals surface area contributed by atoms with Crippen molar-refractivity contribution >= 4 is 27.5 Å². The summed E-state index contributed by atoms with van der Waals surface area (Å²) in [5.74, 6) is -0.531. The number of hydrogen-bond donors (Lipinski definition) is 2. The van der Waals surface area contributed by atoms with E-state index in [1.807, 2.05) is 32.6 Å². The predicted octanol–water partition coefficient (Wildman–Crippen LogP) is 4.43. The van der Waals surface area contributed by atoms with E-state index in [4.69, 9.17) is 4.74 Å². The van der Waals surface area contributed by atoms with Crippen LogP contribution in [0, 0.1) is 12.7 Å². The Morgan fingerprint density at radius 1 is 1.09 bits per heavy atom. The average Bonchev–Trinajstić information content (AvgIpc) is 2.67. The number of hydrogen-bond acceptors (Lipinski definition) is 5. The average molecular weight is 464 g/mol. The molecule has 0 radical (unpaired) electrons. The minimum Gasteiger partial charge on any atom is -0.444 e. The molecule has 2 aromatic carbocycles. The van der Waals surface area contributed by atoms with Gasteiger partial charge in [0.15, 0.2) is 0 Å². The van der Waals surface area contributed by atoms with Crippen molar-refractivity contribution in [3.63, 3.8) is 0 Å². The first-order valence-corrected chi connectivity index (χ1v) is 12.0. The number of ether oxygens (including phenoxy) is 1. The van der Waals surface area contributed by atoms with Crippen molar-refractivity contribution in [1.29, 1.82) is 0 Å². The molecule has 174 valence electrons. The van der Waals surface area contributed by atoms with Gasteiger partial charge >= 0.3 is 6.09 Å². The van der Waals surface area contributed by atoms with Crippen LogP contribution in [0.1, 0.15) is 39.2 Å². The van der Waals surface area contributed by atoms with E-state index >= 15 is 0 Å². The van der Waals surface area contributed by atoms with Gasteiger partial charge in [-0.25, -0.2) is 17.6 Å². The second kappa shape index (κ2) is 9.36. The maximum atomic E-state index is 14.0. The lowest BCUT2D eigenvalue weighted by Gasteiger charge is -2.35. The zero-order valence-corrected chi connectivity index (χ0v) is 19.6. The van der Waals surface area contributed by atoms with Gasteiger partial charge in [-0.3, -0.25) is 4.72 Å². The molecule has 1 heterocycles. The van der Waals surface area contributed by atoms with Crippen molar-refractivity contribution in [1.82, 2.24) is 5.32 Å². The van der Waals surface area contributed by atoms with Gasteiger partial charge in [0.1, 0.15) is 11.4 Å². The highest BCUT2D eigenvalue weighted by molar-refractivity contribution is 7.92. The summed E-state index contributed by atoms with van der Waals surface area (Å²) >= 11 is 0. The standard InChI is InChI=1S/C23H30FN3O4S/c1-16-5-8-19(9-6-16)32(29,30)26-20-15-17(24)7-10-21(20)27-13-11-18(12-14-27)25-22(28)31-23(2,3)4/h5-10,15,18,26H,11-14H2,1-4H3,(H,25,28). The molecule has 9 heteroatoms. The number of carbonyl (C=O) groups is 1. The monoisotopic (exact) mass is 463 g/mol. The predicted molar refractivity (Wildman–Crippen MR) is 123 cm³/mol. The zero-order chi connectivity index (χ0) is 23.5. The van der Waals surface area contributed by atoms with Crippen LogP contribution in [0.2, 0.25) is 0 Å². The summed E-state index contributed by atoms with van der Waals surface area (Å²) in [7, 11) is -3.87. The van der Waals surface area contributed by atoms with E-state index in [0.717, 1.165) is 5.56 Å². The Morgan fingerprint density at radius 3 is 2.31 bits per heavy atom. The third-order valence-electron chi connectivity index (χ3n) is 5.09. The molecule has 0 aromatic heterocycles. The van der Waals surface area contributed by atoms with Gasteiger partial charge in [0, 0.05) is 25.2 Å². The van der Waals surface area contributed by atoms with Crippen LogP contribution in [0.5, 0.6) is 0 Å². The second-order valence-corrected chi connectivity index (χ2v) is 10.7. The number of nitrogens with one attached hydrogen (secondary N) is 2. The molecule has 1 saturated heterocycles. The quantitative estimate of drug-likeness (QED) is 0.685. The van der Waals surface area contributed by atoms with Crippen LogP contribution in [-0.4, -0.2) is 39.2 Å². The Bertz CT molecular complexity index is 1060. The van der Waals surface area contributed by atoms with Gasteiger partial charge in [0.05, 0.1) is 16.3 Å². The zero-order valence-electron chi connectivity index (χ0n) is 18.8. The summed E-state index contributed by atoms with van der Waals surface area (Å²) < 4.78 is 47.5. The summed E-state index contributed by atoms with van der Waals surface area (Å²) in [6, 6.07) is 10.5. The lowest BCUT2D eigenvalue weighted by atomic mass is 10.0. The number of aryl methyl sites for hydroxylation is 1. The van der Waals surface area contributed by atoms with Gasteiger partial charge in [-0.1, -0.05) is 17.7 Å². The van der Waals surface area contributed by atoms with Crippen molar-refractivity contribution in [2.75, 3.05) is 22.7 Å². The van der Waals surface area contributed by atoms with E-state index < -0.39 is 27.5 Å². The van der Waals surface area contributed by atoms with Gasteiger partial charge in [-0.15, -0.1) is 0 Å². The number of alkyl carbamates (subject to hydrolysis) is 1. The molecule has 7 nitrogen and oxygen atoms in total. The molecule has 0 unspecified atom stereocenters. The molecule has 0 atom stereocenters. The minimum atomic E-state index is -3.87. The number of sulfonamides is 1. The van der Waals surface area contributed by atoms with Crippen LogP contribution in [0.4, 0.5) is 20.6 Å². The van der Waals surface area contributed by atoms with Crippen molar-refractivity contribution in [2.24, 2.45) is 0 Å². The molecule has 1 aliphatic rings. The molecule has 0 aliphatic carbocycles. The summed E-state index contributed by atoms with van der Waals surface area (Å²) in [6.07, 6.45) is 0.853. The molecule has 3 rings (SSSR count). The number of anilines is 2. The molecule has 0 spiro atoms. The molecule has 1 amide bonds. The second-order valence-electron chi connectivity index (χ2n) is 8.99. The number of rotatable bonds is 5. The summed E-state index contributed by atoms with van der Waals surface area (Å²) in [4.78, 5) is 14.1. The van der Waals surface area contributed by atoms with Crippen LogP contribution >= 0.6 is 0 Å². The number of halogens is 1. The van der Waals surface area contributed by atoms with Gasteiger partial charge in [0.2, 0.25) is 0 Å². The summed E-state index contributed by atoms with van der Waals surface area (Å²) in [5.41, 5.74) is 1.16. The highest BCUT2D eigenvalue weighted by Gasteiger charge is 2.26. The van der Waals surface area contributed by atoms with E-state index in [1.165, 1.54) is 24.3 Å². The first-order chi connectivity index (χ1) is 14.9. The third kappa shape index (κ3) is 6.35. The number of nitrogens with zero attached hydrogens (tertiary/aromatic N) is 1. The Morgan fingerprint density at radius 2 is 1.72 bits per heavy atom. The van der Waals surface area contributed by atoms with Crippen LogP contribution in [0.15, 0.2) is 47.4 Å². The normalized spacial score (nSPS) is 15.3. The maximum Gasteiger partial charge on any atom is 0.407 e. The van der Waals surface area contributed by atoms with E-state index in [1.54, 1.807) is 18.2 Å². The molecule has 1 fully saturated rings. The Balaban J connectivity index is 1.71. The first-order valence-electron chi connectivity index (χ1n) is 10.6. The number of benzene rings is 2. The lowest BCUT2D eigenvalue weighted by molar-refractivity contribution is 0.0497. The van der Waals surface area contributed by atoms with Crippen molar-refractivity contribution in [3.05, 3.63) is 53.8 Å². The van der Waals surface area contributed by atoms with E-state index in [-0.39, 0.29) is 16.6 Å². The van der Waals surface area contributed by atoms with Crippen molar-refractivity contribution in [2.45, 2.75) is 57.1 Å². The summed E-state index contributed by atoms with van der Waals surface area (Å²) in [5, 5.41) is 2.88. The van der Waals surface area contributed by atoms with Crippen molar-refractivity contribution < 1.29 is 22.3 Å². The molecule has 2 aromatic rings. The Hall–Kier alpha value is -2.81. The van der Waals surface area contributed by atoms with Crippen LogP contribution < -0.4 is 14.9 Å². The van der Waals surface area contributed by atoms with Gasteiger partial charge < -0.3 is 15.0 Å². The highest BCUT2D eigenvalue weighted by atomic mass is 32.2. The van der Waals surface area contributed by atoms with Crippen LogP contribution in [0.25, 0.3) is 0 Å². The Labute approximate surface area is 189 Å². The largest absolute Gasteiger partial charge is 0.444 e. The van der Waals surface area contributed by atoms with Gasteiger partial charge in [-0.05, 0) is 64.8 Å².